The van der Waals surface area contributed by atoms with Crippen LogP contribution in [-0.2, 0) is 20.2 Å². The van der Waals surface area contributed by atoms with E-state index in [0.29, 0.717) is 10.8 Å². The number of benzene rings is 3. The van der Waals surface area contributed by atoms with Gasteiger partial charge >= 0.3 is 5.97 Å². The predicted octanol–water partition coefficient (Wildman–Crippen LogP) is 5.52. The highest BCUT2D eigenvalue weighted by atomic mass is 35.5. The molecule has 3 nitrogen and oxygen atoms in total. The van der Waals surface area contributed by atoms with Crippen LogP contribution in [0.3, 0.4) is 0 Å². The van der Waals surface area contributed by atoms with Gasteiger partial charge in [-0.1, -0.05) is 66.2 Å². The standard InChI is InChI=1S/C22H19ClO3S2/c23-19-10-6-17(7-11-19)22(27,28)18-8-12-20(13-9-18)25-15-21(24)26-14-16-4-2-1-3-5-16/h1-13,27-28H,14-15H2. The molecular weight excluding hydrogens is 412 g/mol. The summed E-state index contributed by atoms with van der Waals surface area (Å²) in [4.78, 5) is 11.8. The quantitative estimate of drug-likeness (QED) is 0.294. The van der Waals surface area contributed by atoms with E-state index in [0.717, 1.165) is 16.7 Å². The summed E-state index contributed by atoms with van der Waals surface area (Å²) in [5, 5.41) is 0.657. The van der Waals surface area contributed by atoms with E-state index in [9.17, 15) is 4.79 Å². The lowest BCUT2D eigenvalue weighted by Crippen LogP contribution is -2.15. The number of ether oxygens (including phenoxy) is 2. The van der Waals surface area contributed by atoms with Gasteiger partial charge in [0, 0.05) is 5.02 Å². The Hall–Kier alpha value is -2.08. The van der Waals surface area contributed by atoms with Crippen molar-refractivity contribution >= 4 is 42.8 Å². The molecule has 28 heavy (non-hydrogen) atoms. The number of halogens is 1. The highest BCUT2D eigenvalue weighted by molar-refractivity contribution is 8.00. The zero-order valence-electron chi connectivity index (χ0n) is 14.9. The van der Waals surface area contributed by atoms with Crippen molar-refractivity contribution in [2.45, 2.75) is 10.7 Å². The molecular formula is C22H19ClO3S2. The van der Waals surface area contributed by atoms with Gasteiger partial charge in [0.2, 0.25) is 0 Å². The zero-order chi connectivity index (χ0) is 20.0. The third-order valence-electron chi connectivity index (χ3n) is 4.10. The monoisotopic (exact) mass is 430 g/mol. The Morgan fingerprint density at radius 1 is 0.857 bits per heavy atom. The Kier molecular flexibility index (Phi) is 6.94. The van der Waals surface area contributed by atoms with E-state index >= 15 is 0 Å². The number of esters is 1. The summed E-state index contributed by atoms with van der Waals surface area (Å²) in [5.74, 6) is 0.140. The van der Waals surface area contributed by atoms with Crippen LogP contribution in [0, 0.1) is 0 Å². The molecule has 0 aliphatic rings. The van der Waals surface area contributed by atoms with E-state index in [1.807, 2.05) is 54.6 Å². The maximum atomic E-state index is 11.8. The fourth-order valence-corrected chi connectivity index (χ4v) is 3.28. The minimum Gasteiger partial charge on any atom is -0.482 e. The first-order valence-electron chi connectivity index (χ1n) is 8.59. The molecule has 0 spiro atoms. The normalized spacial score (nSPS) is 11.1. The molecule has 3 rings (SSSR count). The van der Waals surface area contributed by atoms with E-state index < -0.39 is 10.0 Å². The third-order valence-corrected chi connectivity index (χ3v) is 5.39. The number of thiol groups is 2. The molecule has 6 heteroatoms. The molecule has 0 amide bonds. The van der Waals surface area contributed by atoms with Gasteiger partial charge < -0.3 is 9.47 Å². The maximum Gasteiger partial charge on any atom is 0.344 e. The van der Waals surface area contributed by atoms with Gasteiger partial charge in [-0.25, -0.2) is 4.79 Å². The second kappa shape index (κ2) is 9.41. The Balaban J connectivity index is 1.55. The van der Waals surface area contributed by atoms with Gasteiger partial charge in [0.1, 0.15) is 16.4 Å². The van der Waals surface area contributed by atoms with Gasteiger partial charge in [-0.2, -0.15) is 25.3 Å². The van der Waals surface area contributed by atoms with Crippen molar-refractivity contribution in [3.63, 3.8) is 0 Å². The summed E-state index contributed by atoms with van der Waals surface area (Å²) < 4.78 is 9.92. The zero-order valence-corrected chi connectivity index (χ0v) is 17.5. The summed E-state index contributed by atoms with van der Waals surface area (Å²) in [6, 6.07) is 24.1. The Morgan fingerprint density at radius 3 is 2.04 bits per heavy atom. The van der Waals surface area contributed by atoms with Crippen LogP contribution in [0.25, 0.3) is 0 Å². The number of carbonyl (C=O) groups excluding carboxylic acids is 1. The van der Waals surface area contributed by atoms with Crippen molar-refractivity contribution in [2.24, 2.45) is 0 Å². The van der Waals surface area contributed by atoms with Crippen LogP contribution in [-0.4, -0.2) is 12.6 Å². The topological polar surface area (TPSA) is 35.5 Å². The lowest BCUT2D eigenvalue weighted by atomic mass is 10.0. The van der Waals surface area contributed by atoms with Crippen molar-refractivity contribution in [1.82, 2.24) is 0 Å². The molecule has 3 aromatic rings. The van der Waals surface area contributed by atoms with Gasteiger partial charge in [0.05, 0.1) is 0 Å². The molecule has 0 radical (unpaired) electrons. The summed E-state index contributed by atoms with van der Waals surface area (Å²) in [6.07, 6.45) is 0. The summed E-state index contributed by atoms with van der Waals surface area (Å²) in [6.45, 7) is 0.0706. The second-order valence-electron chi connectivity index (χ2n) is 6.14. The molecule has 0 fully saturated rings. The number of hydrogen-bond acceptors (Lipinski definition) is 5. The number of hydrogen-bond donors (Lipinski definition) is 2. The van der Waals surface area contributed by atoms with E-state index in [-0.39, 0.29) is 13.2 Å². The average molecular weight is 431 g/mol. The highest BCUT2D eigenvalue weighted by Crippen LogP contribution is 2.40. The van der Waals surface area contributed by atoms with Crippen LogP contribution in [0.5, 0.6) is 5.75 Å². The van der Waals surface area contributed by atoms with Crippen LogP contribution in [0.1, 0.15) is 16.7 Å². The highest BCUT2D eigenvalue weighted by Gasteiger charge is 2.25. The molecule has 0 saturated carbocycles. The summed E-state index contributed by atoms with van der Waals surface area (Å²) >= 11 is 15.3. The molecule has 0 unspecified atom stereocenters. The van der Waals surface area contributed by atoms with Gasteiger partial charge in [0.15, 0.2) is 6.61 Å². The minimum absolute atomic E-state index is 0.156. The van der Waals surface area contributed by atoms with Crippen LogP contribution in [0.15, 0.2) is 78.9 Å². The molecule has 0 aliphatic carbocycles. The predicted molar refractivity (Wildman–Crippen MR) is 118 cm³/mol. The van der Waals surface area contributed by atoms with Gasteiger partial charge in [-0.15, -0.1) is 0 Å². The molecule has 0 saturated heterocycles. The van der Waals surface area contributed by atoms with Crippen LogP contribution in [0.2, 0.25) is 5.02 Å². The average Bonchev–Trinajstić information content (AvgIpc) is 2.72. The lowest BCUT2D eigenvalue weighted by molar-refractivity contribution is -0.147. The van der Waals surface area contributed by atoms with Crippen LogP contribution < -0.4 is 4.74 Å². The summed E-state index contributed by atoms with van der Waals surface area (Å²) in [7, 11) is 0. The summed E-state index contributed by atoms with van der Waals surface area (Å²) in [5.41, 5.74) is 2.71. The first-order valence-corrected chi connectivity index (χ1v) is 9.86. The molecule has 0 N–H and O–H groups in total. The Labute approximate surface area is 180 Å². The van der Waals surface area contributed by atoms with Crippen molar-refractivity contribution in [1.29, 1.82) is 0 Å². The van der Waals surface area contributed by atoms with Gasteiger partial charge in [-0.3, -0.25) is 0 Å². The number of carbonyl (C=O) groups is 1. The van der Waals surface area contributed by atoms with Crippen molar-refractivity contribution in [3.05, 3.63) is 101 Å². The van der Waals surface area contributed by atoms with Crippen molar-refractivity contribution in [3.8, 4) is 5.75 Å². The smallest absolute Gasteiger partial charge is 0.344 e. The Morgan fingerprint density at radius 2 is 1.43 bits per heavy atom. The fourth-order valence-electron chi connectivity index (χ4n) is 2.55. The molecule has 0 aromatic heterocycles. The third kappa shape index (κ3) is 5.47. The van der Waals surface area contributed by atoms with Crippen molar-refractivity contribution < 1.29 is 14.3 Å². The maximum absolute atomic E-state index is 11.8. The molecule has 0 heterocycles. The van der Waals surface area contributed by atoms with Gasteiger partial charge in [0.25, 0.3) is 0 Å². The Bertz CT molecular complexity index is 911. The minimum atomic E-state index is -0.780. The molecule has 0 atom stereocenters. The molecule has 144 valence electrons. The molecule has 0 aliphatic heterocycles. The van der Waals surface area contributed by atoms with Crippen LogP contribution >= 0.6 is 36.9 Å². The second-order valence-corrected chi connectivity index (χ2v) is 8.27. The SMILES string of the molecule is O=C(COc1ccc(C(S)(S)c2ccc(Cl)cc2)cc1)OCc1ccccc1. The van der Waals surface area contributed by atoms with Crippen molar-refractivity contribution in [2.75, 3.05) is 6.61 Å². The molecule has 0 bridgehead atoms. The van der Waals surface area contributed by atoms with E-state index in [2.05, 4.69) is 25.3 Å². The molecule has 3 aromatic carbocycles. The van der Waals surface area contributed by atoms with E-state index in [1.54, 1.807) is 24.3 Å². The largest absolute Gasteiger partial charge is 0.482 e. The number of rotatable bonds is 7. The van der Waals surface area contributed by atoms with Gasteiger partial charge in [-0.05, 0) is 41.0 Å². The first kappa shape index (κ1) is 20.6. The fraction of sp³-hybridized carbons (Fsp3) is 0.136. The van der Waals surface area contributed by atoms with E-state index in [4.69, 9.17) is 21.1 Å². The first-order chi connectivity index (χ1) is 13.4. The lowest BCUT2D eigenvalue weighted by Gasteiger charge is -2.24. The van der Waals surface area contributed by atoms with E-state index in [1.165, 1.54) is 0 Å². The van der Waals surface area contributed by atoms with Crippen LogP contribution in [0.4, 0.5) is 0 Å².